The molecule has 0 radical (unpaired) electrons. The van der Waals surface area contributed by atoms with E-state index in [1.165, 1.54) is 25.8 Å². The third kappa shape index (κ3) is 5.28. The van der Waals surface area contributed by atoms with E-state index in [4.69, 9.17) is 9.72 Å². The minimum atomic E-state index is -0.0394. The second kappa shape index (κ2) is 10.6. The van der Waals surface area contributed by atoms with Gasteiger partial charge in [0.2, 0.25) is 0 Å². The first-order valence-electron chi connectivity index (χ1n) is 11.8. The van der Waals surface area contributed by atoms with Crippen LogP contribution in [0.1, 0.15) is 49.9 Å². The quantitative estimate of drug-likeness (QED) is 0.492. The van der Waals surface area contributed by atoms with Gasteiger partial charge in [-0.2, -0.15) is 0 Å². The molecule has 1 fully saturated rings. The van der Waals surface area contributed by atoms with E-state index in [-0.39, 0.29) is 5.91 Å². The van der Waals surface area contributed by atoms with Gasteiger partial charge in [-0.05, 0) is 76.1 Å². The molecule has 168 valence electrons. The Kier molecular flexibility index (Phi) is 7.38. The first kappa shape index (κ1) is 22.3. The third-order valence-electron chi connectivity index (χ3n) is 6.27. The molecule has 1 saturated heterocycles. The molecule has 2 heterocycles. The standard InChI is InChI=1S/C27H33N3O2/c1-3-32-22-14-12-21(13-15-22)26-19-24(23-10-4-5-11-25(23)29-26)27(31)28-16-8-18-30-17-7-6-9-20(30)2/h4-5,10-15,19-20H,3,6-9,16-18H2,1-2H3,(H,28,31). The molecule has 1 aromatic heterocycles. The summed E-state index contributed by atoms with van der Waals surface area (Å²) in [5, 5.41) is 4.02. The van der Waals surface area contributed by atoms with Gasteiger partial charge in [0, 0.05) is 30.1 Å². The van der Waals surface area contributed by atoms with Crippen LogP contribution in [0.25, 0.3) is 22.2 Å². The van der Waals surface area contributed by atoms with Gasteiger partial charge < -0.3 is 15.0 Å². The lowest BCUT2D eigenvalue weighted by Gasteiger charge is -2.33. The molecule has 2 aromatic carbocycles. The lowest BCUT2D eigenvalue weighted by atomic mass is 10.0. The van der Waals surface area contributed by atoms with E-state index in [0.717, 1.165) is 40.9 Å². The highest BCUT2D eigenvalue weighted by Crippen LogP contribution is 2.26. The lowest BCUT2D eigenvalue weighted by molar-refractivity contribution is 0.0950. The van der Waals surface area contributed by atoms with Crippen molar-refractivity contribution >= 4 is 16.8 Å². The summed E-state index contributed by atoms with van der Waals surface area (Å²) < 4.78 is 5.55. The zero-order valence-electron chi connectivity index (χ0n) is 19.1. The third-order valence-corrected chi connectivity index (χ3v) is 6.27. The number of likely N-dealkylation sites (tertiary alicyclic amines) is 1. The van der Waals surface area contributed by atoms with E-state index >= 15 is 0 Å². The zero-order valence-corrected chi connectivity index (χ0v) is 19.1. The Bertz CT molecular complexity index is 1050. The fourth-order valence-corrected chi connectivity index (χ4v) is 4.47. The van der Waals surface area contributed by atoms with Crippen LogP contribution in [0.4, 0.5) is 0 Å². The highest BCUT2D eigenvalue weighted by molar-refractivity contribution is 6.07. The molecule has 3 aromatic rings. The maximum absolute atomic E-state index is 13.1. The van der Waals surface area contributed by atoms with Gasteiger partial charge >= 0.3 is 0 Å². The minimum Gasteiger partial charge on any atom is -0.494 e. The summed E-state index contributed by atoms with van der Waals surface area (Å²) in [7, 11) is 0. The number of rotatable bonds is 8. The van der Waals surface area contributed by atoms with Gasteiger partial charge in [0.15, 0.2) is 0 Å². The topological polar surface area (TPSA) is 54.5 Å². The molecule has 0 spiro atoms. The zero-order chi connectivity index (χ0) is 22.3. The van der Waals surface area contributed by atoms with E-state index < -0.39 is 0 Å². The van der Waals surface area contributed by atoms with Crippen molar-refractivity contribution in [3.63, 3.8) is 0 Å². The Morgan fingerprint density at radius 1 is 1.16 bits per heavy atom. The van der Waals surface area contributed by atoms with Gasteiger partial charge in [-0.25, -0.2) is 4.98 Å². The number of benzene rings is 2. The molecule has 1 atom stereocenters. The molecule has 5 heteroatoms. The molecule has 0 saturated carbocycles. The predicted octanol–water partition coefficient (Wildman–Crippen LogP) is 5.29. The Labute approximate surface area is 190 Å². The van der Waals surface area contributed by atoms with Crippen LogP contribution in [-0.4, -0.2) is 48.1 Å². The number of nitrogens with zero attached hydrogens (tertiary/aromatic N) is 2. The first-order valence-corrected chi connectivity index (χ1v) is 11.8. The number of pyridine rings is 1. The molecule has 1 aliphatic rings. The van der Waals surface area contributed by atoms with Crippen LogP contribution in [0.5, 0.6) is 5.75 Å². The van der Waals surface area contributed by atoms with Crippen molar-refractivity contribution in [2.45, 2.75) is 45.6 Å². The van der Waals surface area contributed by atoms with Gasteiger partial charge in [-0.15, -0.1) is 0 Å². The normalized spacial score (nSPS) is 16.8. The van der Waals surface area contributed by atoms with E-state index in [1.54, 1.807) is 0 Å². The van der Waals surface area contributed by atoms with Crippen molar-refractivity contribution in [2.75, 3.05) is 26.2 Å². The van der Waals surface area contributed by atoms with Crippen molar-refractivity contribution < 1.29 is 9.53 Å². The second-order valence-corrected chi connectivity index (χ2v) is 8.52. The average Bonchev–Trinajstić information content (AvgIpc) is 2.82. The van der Waals surface area contributed by atoms with Crippen molar-refractivity contribution in [3.8, 4) is 17.0 Å². The molecule has 1 aliphatic heterocycles. The predicted molar refractivity (Wildman–Crippen MR) is 130 cm³/mol. The van der Waals surface area contributed by atoms with Crippen LogP contribution in [-0.2, 0) is 0 Å². The fourth-order valence-electron chi connectivity index (χ4n) is 4.47. The second-order valence-electron chi connectivity index (χ2n) is 8.52. The van der Waals surface area contributed by atoms with Crippen molar-refractivity contribution in [1.29, 1.82) is 0 Å². The van der Waals surface area contributed by atoms with Crippen LogP contribution in [0.3, 0.4) is 0 Å². The minimum absolute atomic E-state index is 0.0394. The van der Waals surface area contributed by atoms with Crippen LogP contribution in [0, 0.1) is 0 Å². The van der Waals surface area contributed by atoms with E-state index in [0.29, 0.717) is 24.8 Å². The molecule has 32 heavy (non-hydrogen) atoms. The molecule has 0 bridgehead atoms. The Morgan fingerprint density at radius 3 is 2.75 bits per heavy atom. The Balaban J connectivity index is 1.48. The summed E-state index contributed by atoms with van der Waals surface area (Å²) in [5.41, 5.74) is 3.25. The number of ether oxygens (including phenoxy) is 1. The summed E-state index contributed by atoms with van der Waals surface area (Å²) in [4.78, 5) is 20.5. The smallest absolute Gasteiger partial charge is 0.252 e. The van der Waals surface area contributed by atoms with E-state index in [2.05, 4.69) is 17.1 Å². The number of piperidine rings is 1. The van der Waals surface area contributed by atoms with E-state index in [9.17, 15) is 4.79 Å². The molecular weight excluding hydrogens is 398 g/mol. The summed E-state index contributed by atoms with van der Waals surface area (Å²) >= 11 is 0. The van der Waals surface area contributed by atoms with Gasteiger partial charge in [-0.1, -0.05) is 24.6 Å². The summed E-state index contributed by atoms with van der Waals surface area (Å²) in [6.45, 7) is 7.80. The van der Waals surface area contributed by atoms with E-state index in [1.807, 2.05) is 61.5 Å². The molecule has 1 N–H and O–H groups in total. The Morgan fingerprint density at radius 2 is 1.97 bits per heavy atom. The number of carbonyl (C=O) groups is 1. The number of amides is 1. The maximum Gasteiger partial charge on any atom is 0.252 e. The number of nitrogens with one attached hydrogen (secondary N) is 1. The number of carbonyl (C=O) groups excluding carboxylic acids is 1. The molecule has 1 amide bonds. The van der Waals surface area contributed by atoms with Crippen LogP contribution < -0.4 is 10.1 Å². The molecular formula is C27H33N3O2. The van der Waals surface area contributed by atoms with Gasteiger partial charge in [0.25, 0.3) is 5.91 Å². The number of para-hydroxylation sites is 1. The number of aromatic nitrogens is 1. The molecule has 5 nitrogen and oxygen atoms in total. The van der Waals surface area contributed by atoms with Crippen LogP contribution in [0.15, 0.2) is 54.6 Å². The van der Waals surface area contributed by atoms with Crippen molar-refractivity contribution in [3.05, 3.63) is 60.2 Å². The van der Waals surface area contributed by atoms with Crippen LogP contribution >= 0.6 is 0 Å². The number of hydrogen-bond acceptors (Lipinski definition) is 4. The highest BCUT2D eigenvalue weighted by atomic mass is 16.5. The molecule has 0 aliphatic carbocycles. The molecule has 4 rings (SSSR count). The van der Waals surface area contributed by atoms with Crippen molar-refractivity contribution in [2.24, 2.45) is 0 Å². The molecule has 1 unspecified atom stereocenters. The van der Waals surface area contributed by atoms with Gasteiger partial charge in [0.05, 0.1) is 23.4 Å². The number of fused-ring (bicyclic) bond motifs is 1. The fraction of sp³-hybridized carbons (Fsp3) is 0.407. The summed E-state index contributed by atoms with van der Waals surface area (Å²) in [6.07, 6.45) is 4.86. The van der Waals surface area contributed by atoms with Crippen LogP contribution in [0.2, 0.25) is 0 Å². The SMILES string of the molecule is CCOc1ccc(-c2cc(C(=O)NCCCN3CCCCC3C)c3ccccc3n2)cc1. The average molecular weight is 432 g/mol. The summed E-state index contributed by atoms with van der Waals surface area (Å²) in [6, 6.07) is 18.3. The summed E-state index contributed by atoms with van der Waals surface area (Å²) in [5.74, 6) is 0.792. The maximum atomic E-state index is 13.1. The lowest BCUT2D eigenvalue weighted by Crippen LogP contribution is -2.39. The monoisotopic (exact) mass is 431 g/mol. The first-order chi connectivity index (χ1) is 15.7. The Hall–Kier alpha value is -2.92. The largest absolute Gasteiger partial charge is 0.494 e. The van der Waals surface area contributed by atoms with Crippen molar-refractivity contribution in [1.82, 2.24) is 15.2 Å². The van der Waals surface area contributed by atoms with Gasteiger partial charge in [-0.3, -0.25) is 4.79 Å². The number of hydrogen-bond donors (Lipinski definition) is 1. The van der Waals surface area contributed by atoms with Gasteiger partial charge in [0.1, 0.15) is 5.75 Å². The highest BCUT2D eigenvalue weighted by Gasteiger charge is 2.18.